The molecule has 0 radical (unpaired) electrons. The summed E-state index contributed by atoms with van der Waals surface area (Å²) in [5.41, 5.74) is -0.377. The van der Waals surface area contributed by atoms with Crippen LogP contribution in [-0.2, 0) is 14.3 Å². The van der Waals surface area contributed by atoms with Crippen molar-refractivity contribution in [3.05, 3.63) is 0 Å². The maximum Gasteiger partial charge on any atom is 0.324 e. The van der Waals surface area contributed by atoms with Crippen LogP contribution in [0.25, 0.3) is 0 Å². The highest BCUT2D eigenvalue weighted by molar-refractivity contribution is 6.03. The zero-order valence-electron chi connectivity index (χ0n) is 6.40. The number of esters is 1. The van der Waals surface area contributed by atoms with Gasteiger partial charge in [0, 0.05) is 0 Å². The van der Waals surface area contributed by atoms with E-state index in [4.69, 9.17) is 5.21 Å². The number of amides is 1. The first-order chi connectivity index (χ1) is 5.53. The van der Waals surface area contributed by atoms with Crippen LogP contribution >= 0.6 is 0 Å². The van der Waals surface area contributed by atoms with Gasteiger partial charge in [-0.05, 0) is 6.92 Å². The second-order valence-corrected chi connectivity index (χ2v) is 2.76. The van der Waals surface area contributed by atoms with E-state index in [0.717, 1.165) is 0 Å². The van der Waals surface area contributed by atoms with E-state index in [0.29, 0.717) is 0 Å². The molecule has 0 saturated carbocycles. The minimum absolute atomic E-state index is 0.219. The van der Waals surface area contributed by atoms with E-state index in [1.807, 2.05) is 0 Å². The Morgan fingerprint density at radius 3 is 2.75 bits per heavy atom. The zero-order chi connectivity index (χ0) is 9.35. The summed E-state index contributed by atoms with van der Waals surface area (Å²) in [4.78, 5) is 21.9. The Bertz CT molecular complexity index is 228. The highest BCUT2D eigenvalue weighted by Crippen LogP contribution is 2.29. The van der Waals surface area contributed by atoms with Crippen LogP contribution in [-0.4, -0.2) is 34.9 Å². The van der Waals surface area contributed by atoms with Gasteiger partial charge in [-0.15, -0.1) is 0 Å². The van der Waals surface area contributed by atoms with Crippen molar-refractivity contribution >= 4 is 11.9 Å². The quantitative estimate of drug-likeness (QED) is 0.193. The topological polar surface area (TPSA) is 95.9 Å². The third-order valence-corrected chi connectivity index (χ3v) is 2.04. The normalized spacial score (nSPS) is 34.6. The van der Waals surface area contributed by atoms with E-state index in [-0.39, 0.29) is 6.61 Å². The minimum Gasteiger partial charge on any atom is -0.462 e. The summed E-state index contributed by atoms with van der Waals surface area (Å²) in [6.45, 7) is 0.987. The Labute approximate surface area is 68.1 Å². The highest BCUT2D eigenvalue weighted by atomic mass is 16.6. The molecule has 1 saturated heterocycles. The van der Waals surface area contributed by atoms with Gasteiger partial charge in [0.15, 0.2) is 5.41 Å². The molecule has 2 unspecified atom stereocenters. The maximum absolute atomic E-state index is 11.0. The number of cyclic esters (lactones) is 1. The Hall–Kier alpha value is -1.14. The number of hydrogen-bond acceptors (Lipinski definition) is 5. The highest BCUT2D eigenvalue weighted by Gasteiger charge is 2.54. The van der Waals surface area contributed by atoms with Crippen molar-refractivity contribution in [1.29, 1.82) is 0 Å². The van der Waals surface area contributed by atoms with E-state index >= 15 is 0 Å². The van der Waals surface area contributed by atoms with Gasteiger partial charge in [0.2, 0.25) is 0 Å². The predicted octanol–water partition coefficient (Wildman–Crippen LogP) is -1.58. The molecular weight excluding hydrogens is 166 g/mol. The predicted molar refractivity (Wildman–Crippen MR) is 35.0 cm³/mol. The molecule has 2 atom stereocenters. The number of nitrogens with one attached hydrogen (secondary N) is 1. The summed E-state index contributed by atoms with van der Waals surface area (Å²) in [6, 6.07) is 0. The summed E-state index contributed by atoms with van der Waals surface area (Å²) in [7, 11) is 0. The minimum atomic E-state index is -1.69. The first-order valence-corrected chi connectivity index (χ1v) is 3.33. The summed E-state index contributed by atoms with van der Waals surface area (Å²) in [6.07, 6.45) is -1.21. The SMILES string of the molecule is CC1(C(=O)NO)C(=O)OCC1O. The molecule has 6 nitrogen and oxygen atoms in total. The smallest absolute Gasteiger partial charge is 0.324 e. The molecule has 0 aliphatic carbocycles. The van der Waals surface area contributed by atoms with Gasteiger partial charge < -0.3 is 9.84 Å². The van der Waals surface area contributed by atoms with Crippen molar-refractivity contribution in [2.45, 2.75) is 13.0 Å². The monoisotopic (exact) mass is 175 g/mol. The Morgan fingerprint density at radius 2 is 2.42 bits per heavy atom. The lowest BCUT2D eigenvalue weighted by Gasteiger charge is -2.19. The Balaban J connectivity index is 2.94. The van der Waals surface area contributed by atoms with Gasteiger partial charge >= 0.3 is 5.97 Å². The van der Waals surface area contributed by atoms with Crippen molar-refractivity contribution in [3.8, 4) is 0 Å². The average molecular weight is 175 g/mol. The summed E-state index contributed by atoms with van der Waals surface area (Å²) < 4.78 is 4.44. The van der Waals surface area contributed by atoms with Gasteiger partial charge in [0.1, 0.15) is 12.7 Å². The lowest BCUT2D eigenvalue weighted by Crippen LogP contribution is -2.47. The molecule has 1 amide bonds. The molecule has 1 aliphatic heterocycles. The van der Waals surface area contributed by atoms with Crippen molar-refractivity contribution < 1.29 is 24.6 Å². The standard InChI is InChI=1S/C6H9NO5/c1-6(4(9)7-11)3(8)2-12-5(6)10/h3,8,11H,2H2,1H3,(H,7,9). The Kier molecular flexibility index (Phi) is 2.03. The van der Waals surface area contributed by atoms with Gasteiger partial charge in [-0.3, -0.25) is 14.8 Å². The Morgan fingerprint density at radius 1 is 1.83 bits per heavy atom. The van der Waals surface area contributed by atoms with E-state index in [2.05, 4.69) is 4.74 Å². The third-order valence-electron chi connectivity index (χ3n) is 2.04. The molecule has 0 aromatic rings. The van der Waals surface area contributed by atoms with Crippen molar-refractivity contribution in [1.82, 2.24) is 5.48 Å². The number of aliphatic hydroxyl groups excluding tert-OH is 1. The number of rotatable bonds is 1. The maximum atomic E-state index is 11.0. The van der Waals surface area contributed by atoms with Crippen LogP contribution in [0.3, 0.4) is 0 Å². The third kappa shape index (κ3) is 0.961. The average Bonchev–Trinajstić information content (AvgIpc) is 2.32. The molecular formula is C6H9NO5. The second kappa shape index (κ2) is 2.72. The molecule has 0 aromatic heterocycles. The van der Waals surface area contributed by atoms with Gasteiger partial charge in [-0.25, -0.2) is 5.48 Å². The van der Waals surface area contributed by atoms with Crippen LogP contribution in [0.2, 0.25) is 0 Å². The molecule has 68 valence electrons. The molecule has 0 spiro atoms. The fourth-order valence-electron chi connectivity index (χ4n) is 0.967. The molecule has 1 heterocycles. The number of carbonyl (C=O) groups is 2. The zero-order valence-corrected chi connectivity index (χ0v) is 6.40. The van der Waals surface area contributed by atoms with Crippen LogP contribution in [0.15, 0.2) is 0 Å². The summed E-state index contributed by atoms with van der Waals surface area (Å²) >= 11 is 0. The molecule has 1 aliphatic rings. The number of carbonyl (C=O) groups excluding carboxylic acids is 2. The fraction of sp³-hybridized carbons (Fsp3) is 0.667. The number of aliphatic hydroxyl groups is 1. The lowest BCUT2D eigenvalue weighted by molar-refractivity contribution is -0.156. The molecule has 12 heavy (non-hydrogen) atoms. The van der Waals surface area contributed by atoms with E-state index < -0.39 is 23.4 Å². The van der Waals surface area contributed by atoms with Crippen LogP contribution in [0.4, 0.5) is 0 Å². The van der Waals surface area contributed by atoms with E-state index in [1.54, 1.807) is 0 Å². The van der Waals surface area contributed by atoms with E-state index in [9.17, 15) is 14.7 Å². The number of ether oxygens (including phenoxy) is 1. The van der Waals surface area contributed by atoms with Crippen molar-refractivity contribution in [3.63, 3.8) is 0 Å². The molecule has 6 heteroatoms. The van der Waals surface area contributed by atoms with Crippen molar-refractivity contribution in [2.75, 3.05) is 6.61 Å². The molecule has 1 fully saturated rings. The van der Waals surface area contributed by atoms with Gasteiger partial charge in [0.25, 0.3) is 5.91 Å². The molecule has 0 aromatic carbocycles. The van der Waals surface area contributed by atoms with Gasteiger partial charge in [0.05, 0.1) is 0 Å². The van der Waals surface area contributed by atoms with Gasteiger partial charge in [-0.2, -0.15) is 0 Å². The first-order valence-electron chi connectivity index (χ1n) is 3.33. The van der Waals surface area contributed by atoms with Crippen LogP contribution in [0.5, 0.6) is 0 Å². The second-order valence-electron chi connectivity index (χ2n) is 2.76. The largest absolute Gasteiger partial charge is 0.462 e. The van der Waals surface area contributed by atoms with E-state index in [1.165, 1.54) is 12.4 Å². The summed E-state index contributed by atoms with van der Waals surface area (Å²) in [5.74, 6) is -1.79. The molecule has 0 bridgehead atoms. The number of hydroxylamine groups is 1. The number of hydrogen-bond donors (Lipinski definition) is 3. The summed E-state index contributed by atoms with van der Waals surface area (Å²) in [5, 5.41) is 17.5. The fourth-order valence-corrected chi connectivity index (χ4v) is 0.967. The van der Waals surface area contributed by atoms with Crippen LogP contribution < -0.4 is 5.48 Å². The lowest BCUT2D eigenvalue weighted by atomic mass is 9.86. The molecule has 3 N–H and O–H groups in total. The van der Waals surface area contributed by atoms with Gasteiger partial charge in [-0.1, -0.05) is 0 Å². The van der Waals surface area contributed by atoms with Crippen LogP contribution in [0.1, 0.15) is 6.92 Å². The first kappa shape index (κ1) is 8.95. The van der Waals surface area contributed by atoms with Crippen LogP contribution in [0, 0.1) is 5.41 Å². The van der Waals surface area contributed by atoms with Crippen molar-refractivity contribution in [2.24, 2.45) is 5.41 Å². The molecule has 1 rings (SSSR count).